The molecule has 5 heteroatoms. The summed E-state index contributed by atoms with van der Waals surface area (Å²) < 4.78 is 18.7. The van der Waals surface area contributed by atoms with Crippen molar-refractivity contribution >= 4 is 16.9 Å². The second-order valence-electron chi connectivity index (χ2n) is 7.62. The maximum atomic E-state index is 13.3. The lowest BCUT2D eigenvalue weighted by Crippen LogP contribution is -2.46. The highest BCUT2D eigenvalue weighted by molar-refractivity contribution is 7.85. The number of aryl methyl sites for hydroxylation is 1. The molecule has 1 amide bonds. The third-order valence-corrected chi connectivity index (χ3v) is 6.43. The van der Waals surface area contributed by atoms with Crippen molar-refractivity contribution < 1.29 is 13.7 Å². The third kappa shape index (κ3) is 7.50. The van der Waals surface area contributed by atoms with E-state index in [2.05, 4.69) is 25.7 Å². The first-order valence-electron chi connectivity index (χ1n) is 9.96. The zero-order valence-electron chi connectivity index (χ0n) is 17.5. The molecule has 1 N–H and O–H groups in total. The van der Waals surface area contributed by atoms with Gasteiger partial charge in [0.15, 0.2) is 0 Å². The molecule has 29 heavy (non-hydrogen) atoms. The SMILES string of the molecule is C=CC[C@H]([C@@H](CC(C)C)NC(=O)OCc1ccccc1)[S@](=O)c1ccc(C)cc1. The monoisotopic (exact) mass is 413 g/mol. The Labute approximate surface area is 176 Å². The van der Waals surface area contributed by atoms with Gasteiger partial charge in [-0.25, -0.2) is 4.79 Å². The minimum atomic E-state index is -1.27. The smallest absolute Gasteiger partial charge is 0.407 e. The number of allylic oxidation sites excluding steroid dienone is 1. The van der Waals surface area contributed by atoms with Crippen molar-refractivity contribution in [2.24, 2.45) is 5.92 Å². The van der Waals surface area contributed by atoms with Crippen LogP contribution in [0.1, 0.15) is 37.8 Å². The lowest BCUT2D eigenvalue weighted by atomic mass is 9.99. The topological polar surface area (TPSA) is 55.4 Å². The summed E-state index contributed by atoms with van der Waals surface area (Å²) in [5, 5.41) is 2.69. The van der Waals surface area contributed by atoms with Gasteiger partial charge in [-0.15, -0.1) is 6.58 Å². The predicted molar refractivity (Wildman–Crippen MR) is 119 cm³/mol. The number of hydrogen-bond donors (Lipinski definition) is 1. The van der Waals surface area contributed by atoms with Crippen LogP contribution in [-0.4, -0.2) is 21.6 Å². The van der Waals surface area contributed by atoms with Crippen LogP contribution in [-0.2, 0) is 22.1 Å². The molecule has 0 aliphatic heterocycles. The van der Waals surface area contributed by atoms with Crippen LogP contribution in [0, 0.1) is 12.8 Å². The molecule has 0 aromatic heterocycles. The van der Waals surface area contributed by atoms with Crippen molar-refractivity contribution in [2.45, 2.75) is 56.4 Å². The molecule has 2 aromatic rings. The number of carbonyl (C=O) groups is 1. The first kappa shape index (κ1) is 22.9. The average Bonchev–Trinajstić information content (AvgIpc) is 2.70. The number of hydrogen-bond acceptors (Lipinski definition) is 3. The van der Waals surface area contributed by atoms with E-state index >= 15 is 0 Å². The second kappa shape index (κ2) is 11.6. The van der Waals surface area contributed by atoms with Gasteiger partial charge in [0.05, 0.1) is 16.0 Å². The highest BCUT2D eigenvalue weighted by atomic mass is 32.2. The van der Waals surface area contributed by atoms with E-state index in [4.69, 9.17) is 4.74 Å². The number of carbonyl (C=O) groups excluding carboxylic acids is 1. The van der Waals surface area contributed by atoms with E-state index in [1.807, 2.05) is 61.5 Å². The maximum absolute atomic E-state index is 13.3. The van der Waals surface area contributed by atoms with Gasteiger partial charge in [0.2, 0.25) is 0 Å². The number of ether oxygens (including phenoxy) is 1. The summed E-state index contributed by atoms with van der Waals surface area (Å²) in [7, 11) is -1.27. The van der Waals surface area contributed by atoms with Crippen LogP contribution in [0.25, 0.3) is 0 Å². The van der Waals surface area contributed by atoms with Crippen molar-refractivity contribution in [1.29, 1.82) is 0 Å². The minimum absolute atomic E-state index is 0.203. The van der Waals surface area contributed by atoms with Crippen LogP contribution in [0.3, 0.4) is 0 Å². The van der Waals surface area contributed by atoms with E-state index < -0.39 is 16.9 Å². The van der Waals surface area contributed by atoms with E-state index in [0.717, 1.165) is 16.0 Å². The molecule has 3 atom stereocenters. The highest BCUT2D eigenvalue weighted by Gasteiger charge is 2.29. The Kier molecular flexibility index (Phi) is 9.13. The van der Waals surface area contributed by atoms with Gasteiger partial charge in [-0.05, 0) is 43.4 Å². The molecule has 2 aromatic carbocycles. The molecule has 0 bridgehead atoms. The zero-order valence-corrected chi connectivity index (χ0v) is 18.3. The van der Waals surface area contributed by atoms with Crippen LogP contribution in [0.2, 0.25) is 0 Å². The van der Waals surface area contributed by atoms with Crippen LogP contribution < -0.4 is 5.32 Å². The fourth-order valence-electron chi connectivity index (χ4n) is 3.14. The Hall–Kier alpha value is -2.40. The molecule has 4 nitrogen and oxygen atoms in total. The minimum Gasteiger partial charge on any atom is -0.445 e. The summed E-state index contributed by atoms with van der Waals surface area (Å²) in [4.78, 5) is 13.2. The van der Waals surface area contributed by atoms with Gasteiger partial charge in [-0.1, -0.05) is 68.0 Å². The van der Waals surface area contributed by atoms with Crippen molar-refractivity contribution in [3.63, 3.8) is 0 Å². The van der Waals surface area contributed by atoms with Gasteiger partial charge in [0.25, 0.3) is 0 Å². The number of rotatable bonds is 10. The van der Waals surface area contributed by atoms with Crippen molar-refractivity contribution in [3.05, 3.63) is 78.4 Å². The van der Waals surface area contributed by atoms with E-state index in [9.17, 15) is 9.00 Å². The summed E-state index contributed by atoms with van der Waals surface area (Å²) in [6.07, 6.45) is 2.52. The van der Waals surface area contributed by atoms with E-state index in [1.54, 1.807) is 6.08 Å². The average molecular weight is 414 g/mol. The van der Waals surface area contributed by atoms with Gasteiger partial charge in [0, 0.05) is 10.9 Å². The van der Waals surface area contributed by atoms with Crippen molar-refractivity contribution in [3.8, 4) is 0 Å². The molecular formula is C24H31NO3S. The Morgan fingerprint density at radius 2 is 1.79 bits per heavy atom. The second-order valence-corrected chi connectivity index (χ2v) is 9.29. The maximum Gasteiger partial charge on any atom is 0.407 e. The lowest BCUT2D eigenvalue weighted by molar-refractivity contribution is 0.134. The lowest BCUT2D eigenvalue weighted by Gasteiger charge is -2.28. The van der Waals surface area contributed by atoms with Crippen LogP contribution in [0.4, 0.5) is 4.79 Å². The van der Waals surface area contributed by atoms with Crippen molar-refractivity contribution in [1.82, 2.24) is 5.32 Å². The fourth-order valence-corrected chi connectivity index (χ4v) is 4.68. The summed E-state index contributed by atoms with van der Waals surface area (Å²) in [5.74, 6) is 0.330. The van der Waals surface area contributed by atoms with Gasteiger partial charge >= 0.3 is 6.09 Å². The third-order valence-electron chi connectivity index (χ3n) is 4.62. The Balaban J connectivity index is 2.12. The Morgan fingerprint density at radius 1 is 1.14 bits per heavy atom. The van der Waals surface area contributed by atoms with Crippen molar-refractivity contribution in [2.75, 3.05) is 0 Å². The molecule has 2 rings (SSSR count). The molecule has 156 valence electrons. The number of amides is 1. The predicted octanol–water partition coefficient (Wildman–Crippen LogP) is 5.39. The first-order chi connectivity index (χ1) is 13.9. The summed E-state index contributed by atoms with van der Waals surface area (Å²) in [6, 6.07) is 17.0. The molecule has 0 spiro atoms. The standard InChI is InChI=1S/C24H31NO3S/c1-5-9-23(29(27)21-14-12-19(4)13-15-21)22(16-18(2)3)25-24(26)28-17-20-10-7-6-8-11-20/h5-8,10-15,18,22-23H,1,9,16-17H2,2-4H3,(H,25,26)/t22-,23-,29-/m1/s1. The molecule has 0 saturated carbocycles. The van der Waals surface area contributed by atoms with E-state index in [1.165, 1.54) is 0 Å². The molecule has 0 heterocycles. The Bertz CT molecular complexity index is 803. The van der Waals surface area contributed by atoms with Gasteiger partial charge < -0.3 is 10.1 Å². The zero-order chi connectivity index (χ0) is 21.2. The van der Waals surface area contributed by atoms with Crippen LogP contribution >= 0.6 is 0 Å². The normalized spacial score (nSPS) is 14.1. The molecule has 0 unspecified atom stereocenters. The molecule has 0 radical (unpaired) electrons. The highest BCUT2D eigenvalue weighted by Crippen LogP contribution is 2.22. The summed E-state index contributed by atoms with van der Waals surface area (Å²) >= 11 is 0. The first-order valence-corrected chi connectivity index (χ1v) is 11.2. The van der Waals surface area contributed by atoms with Crippen LogP contribution in [0.5, 0.6) is 0 Å². The molecule has 0 aliphatic rings. The van der Waals surface area contributed by atoms with E-state index in [-0.39, 0.29) is 17.9 Å². The largest absolute Gasteiger partial charge is 0.445 e. The number of benzene rings is 2. The van der Waals surface area contributed by atoms with Gasteiger partial charge in [-0.2, -0.15) is 0 Å². The molecule has 0 aliphatic carbocycles. The van der Waals surface area contributed by atoms with E-state index in [0.29, 0.717) is 18.8 Å². The Morgan fingerprint density at radius 3 is 2.38 bits per heavy atom. The summed E-state index contributed by atoms with van der Waals surface area (Å²) in [5.41, 5.74) is 2.04. The van der Waals surface area contributed by atoms with Crippen LogP contribution in [0.15, 0.2) is 72.1 Å². The number of alkyl carbamates (subject to hydrolysis) is 1. The molecule has 0 fully saturated rings. The molecular weight excluding hydrogens is 382 g/mol. The van der Waals surface area contributed by atoms with Gasteiger partial charge in [0.1, 0.15) is 6.61 Å². The number of nitrogens with one attached hydrogen (secondary N) is 1. The fraction of sp³-hybridized carbons (Fsp3) is 0.375. The molecule has 0 saturated heterocycles. The summed E-state index contributed by atoms with van der Waals surface area (Å²) in [6.45, 7) is 10.2. The quantitative estimate of drug-likeness (QED) is 0.532. The van der Waals surface area contributed by atoms with Gasteiger partial charge in [-0.3, -0.25) is 4.21 Å².